The molecule has 2 aromatic carbocycles. The Hall–Kier alpha value is -3.43. The van der Waals surface area contributed by atoms with Crippen molar-refractivity contribution in [3.63, 3.8) is 0 Å². The van der Waals surface area contributed by atoms with Crippen LogP contribution in [0.3, 0.4) is 0 Å². The zero-order valence-electron chi connectivity index (χ0n) is 14.7. The van der Waals surface area contributed by atoms with E-state index in [4.69, 9.17) is 16.9 Å². The maximum absolute atomic E-state index is 12.5. The van der Waals surface area contributed by atoms with Gasteiger partial charge in [-0.25, -0.2) is 9.97 Å². The summed E-state index contributed by atoms with van der Waals surface area (Å²) < 4.78 is 0. The number of rotatable bonds is 4. The highest BCUT2D eigenvalue weighted by Gasteiger charge is 2.13. The molecule has 7 heteroatoms. The van der Waals surface area contributed by atoms with Gasteiger partial charge in [0, 0.05) is 12.4 Å². The molecule has 0 fully saturated rings. The van der Waals surface area contributed by atoms with Gasteiger partial charge in [-0.2, -0.15) is 5.26 Å². The van der Waals surface area contributed by atoms with Gasteiger partial charge < -0.3 is 10.6 Å². The predicted molar refractivity (Wildman–Crippen MR) is 105 cm³/mol. The number of anilines is 3. The van der Waals surface area contributed by atoms with Crippen LogP contribution in [0.1, 0.15) is 27.0 Å². The number of benzene rings is 2. The molecule has 134 valence electrons. The van der Waals surface area contributed by atoms with Crippen molar-refractivity contribution in [2.75, 3.05) is 10.6 Å². The van der Waals surface area contributed by atoms with Gasteiger partial charge >= 0.3 is 0 Å². The maximum atomic E-state index is 12.5. The fourth-order valence-electron chi connectivity index (χ4n) is 2.58. The minimum Gasteiger partial charge on any atom is -0.323 e. The van der Waals surface area contributed by atoms with E-state index >= 15 is 0 Å². The summed E-state index contributed by atoms with van der Waals surface area (Å²) in [6.45, 7) is 3.82. The molecule has 3 aromatic rings. The van der Waals surface area contributed by atoms with Crippen LogP contribution in [-0.4, -0.2) is 15.9 Å². The highest BCUT2D eigenvalue weighted by atomic mass is 35.5. The predicted octanol–water partition coefficient (Wildman–Crippen LogP) is 4.61. The fraction of sp³-hybridized carbons (Fsp3) is 0.100. The van der Waals surface area contributed by atoms with Crippen LogP contribution < -0.4 is 10.6 Å². The topological polar surface area (TPSA) is 90.7 Å². The quantitative estimate of drug-likeness (QED) is 0.692. The molecule has 6 nitrogen and oxygen atoms in total. The van der Waals surface area contributed by atoms with Crippen molar-refractivity contribution in [2.45, 2.75) is 13.8 Å². The molecule has 0 unspecified atom stereocenters. The lowest BCUT2D eigenvalue weighted by atomic mass is 10.1. The lowest BCUT2D eigenvalue weighted by Crippen LogP contribution is -2.14. The van der Waals surface area contributed by atoms with E-state index < -0.39 is 0 Å². The number of hydrogen-bond acceptors (Lipinski definition) is 5. The number of nitrogens with one attached hydrogen (secondary N) is 2. The van der Waals surface area contributed by atoms with Crippen LogP contribution in [0.15, 0.2) is 48.8 Å². The number of carbonyl (C=O) groups excluding carboxylic acids is 1. The minimum absolute atomic E-state index is 0.291. The number of aromatic nitrogens is 2. The third-order valence-electron chi connectivity index (χ3n) is 3.88. The largest absolute Gasteiger partial charge is 0.323 e. The number of para-hydroxylation sites is 1. The summed E-state index contributed by atoms with van der Waals surface area (Å²) in [5, 5.41) is 15.4. The van der Waals surface area contributed by atoms with Crippen molar-refractivity contribution in [1.82, 2.24) is 9.97 Å². The molecule has 0 radical (unpaired) electrons. The molecule has 0 saturated carbocycles. The number of amides is 1. The van der Waals surface area contributed by atoms with Crippen molar-refractivity contribution in [2.24, 2.45) is 0 Å². The molecule has 1 aromatic heterocycles. The molecule has 1 amide bonds. The summed E-state index contributed by atoms with van der Waals surface area (Å²) in [4.78, 5) is 20.8. The van der Waals surface area contributed by atoms with Gasteiger partial charge in [0.1, 0.15) is 6.07 Å². The van der Waals surface area contributed by atoms with Gasteiger partial charge in [0.25, 0.3) is 5.91 Å². The summed E-state index contributed by atoms with van der Waals surface area (Å²) in [6, 6.07) is 12.9. The van der Waals surface area contributed by atoms with E-state index in [1.165, 1.54) is 12.4 Å². The van der Waals surface area contributed by atoms with Gasteiger partial charge in [-0.05, 0) is 43.2 Å². The molecular weight excluding hydrogens is 362 g/mol. The van der Waals surface area contributed by atoms with E-state index in [1.54, 1.807) is 30.3 Å². The van der Waals surface area contributed by atoms with Crippen LogP contribution >= 0.6 is 11.6 Å². The second kappa shape index (κ2) is 7.85. The van der Waals surface area contributed by atoms with E-state index in [9.17, 15) is 4.79 Å². The minimum atomic E-state index is -0.354. The van der Waals surface area contributed by atoms with Crippen molar-refractivity contribution in [3.05, 3.63) is 76.1 Å². The zero-order valence-corrected chi connectivity index (χ0v) is 15.5. The first-order valence-electron chi connectivity index (χ1n) is 8.14. The average molecular weight is 378 g/mol. The SMILES string of the molecule is Cc1cc(C)c(NC(=O)c2cnc(Nc3ccccc3C#N)nc2)c(Cl)c1. The van der Waals surface area contributed by atoms with Crippen LogP contribution in [0.2, 0.25) is 5.02 Å². The van der Waals surface area contributed by atoms with E-state index in [1.807, 2.05) is 19.9 Å². The van der Waals surface area contributed by atoms with Crippen molar-refractivity contribution < 1.29 is 4.79 Å². The van der Waals surface area contributed by atoms with Gasteiger partial charge in [0.15, 0.2) is 0 Å². The summed E-state index contributed by atoms with van der Waals surface area (Å²) in [7, 11) is 0. The van der Waals surface area contributed by atoms with Crippen molar-refractivity contribution >= 4 is 34.8 Å². The molecule has 2 N–H and O–H groups in total. The fourth-order valence-corrected chi connectivity index (χ4v) is 2.95. The van der Waals surface area contributed by atoms with Crippen molar-refractivity contribution in [3.8, 4) is 6.07 Å². The van der Waals surface area contributed by atoms with Crippen molar-refractivity contribution in [1.29, 1.82) is 5.26 Å². The molecule has 1 heterocycles. The molecule has 0 atom stereocenters. The molecule has 0 aliphatic rings. The third kappa shape index (κ3) is 4.22. The number of aryl methyl sites for hydroxylation is 2. The summed E-state index contributed by atoms with van der Waals surface area (Å²) in [5.41, 5.74) is 3.84. The Morgan fingerprint density at radius 1 is 1.15 bits per heavy atom. The summed E-state index contributed by atoms with van der Waals surface area (Å²) in [5.74, 6) is -0.0633. The van der Waals surface area contributed by atoms with Gasteiger partial charge in [0.05, 0.1) is 27.5 Å². The number of nitrogens with zero attached hydrogens (tertiary/aromatic N) is 3. The number of carbonyl (C=O) groups is 1. The van der Waals surface area contributed by atoms with E-state index in [0.29, 0.717) is 33.5 Å². The van der Waals surface area contributed by atoms with Gasteiger partial charge in [-0.3, -0.25) is 4.79 Å². The molecule has 0 saturated heterocycles. The Labute approximate surface area is 161 Å². The lowest BCUT2D eigenvalue weighted by Gasteiger charge is -2.12. The first-order valence-corrected chi connectivity index (χ1v) is 8.52. The first-order chi connectivity index (χ1) is 13.0. The molecule has 0 spiro atoms. The average Bonchev–Trinajstić information content (AvgIpc) is 2.65. The summed E-state index contributed by atoms with van der Waals surface area (Å²) >= 11 is 6.23. The van der Waals surface area contributed by atoms with Crippen LogP contribution in [0.25, 0.3) is 0 Å². The Morgan fingerprint density at radius 2 is 1.85 bits per heavy atom. The second-order valence-corrected chi connectivity index (χ2v) is 6.38. The Balaban J connectivity index is 1.76. The summed E-state index contributed by atoms with van der Waals surface area (Å²) in [6.07, 6.45) is 2.83. The van der Waals surface area contributed by atoms with Crippen LogP contribution in [0.5, 0.6) is 0 Å². The standard InChI is InChI=1S/C20H16ClN5O/c1-12-7-13(2)18(16(21)8-12)26-19(27)15-10-23-20(24-11-15)25-17-6-4-3-5-14(17)9-22/h3-8,10-11H,1-2H3,(H,26,27)(H,23,24,25). The lowest BCUT2D eigenvalue weighted by molar-refractivity contribution is 0.102. The first kappa shape index (κ1) is 18.4. The molecule has 0 aliphatic heterocycles. The molecule has 3 rings (SSSR count). The van der Waals surface area contributed by atoms with Crippen LogP contribution in [0.4, 0.5) is 17.3 Å². The molecule has 0 bridgehead atoms. The normalized spacial score (nSPS) is 10.1. The smallest absolute Gasteiger partial charge is 0.258 e. The highest BCUT2D eigenvalue weighted by molar-refractivity contribution is 6.34. The number of nitriles is 1. The maximum Gasteiger partial charge on any atom is 0.258 e. The Bertz CT molecular complexity index is 1020. The third-order valence-corrected chi connectivity index (χ3v) is 4.18. The van der Waals surface area contributed by atoms with E-state index in [0.717, 1.165) is 11.1 Å². The Kier molecular flexibility index (Phi) is 5.34. The molecule has 0 aliphatic carbocycles. The number of hydrogen-bond donors (Lipinski definition) is 2. The van der Waals surface area contributed by atoms with Crippen LogP contribution in [-0.2, 0) is 0 Å². The monoisotopic (exact) mass is 377 g/mol. The molecular formula is C20H16ClN5O. The molecule has 27 heavy (non-hydrogen) atoms. The van der Waals surface area contributed by atoms with E-state index in [-0.39, 0.29) is 5.91 Å². The number of halogens is 1. The zero-order chi connectivity index (χ0) is 19.4. The Morgan fingerprint density at radius 3 is 2.52 bits per heavy atom. The van der Waals surface area contributed by atoms with E-state index in [2.05, 4.69) is 26.7 Å². The van der Waals surface area contributed by atoms with Gasteiger partial charge in [0.2, 0.25) is 5.95 Å². The highest BCUT2D eigenvalue weighted by Crippen LogP contribution is 2.27. The van der Waals surface area contributed by atoms with Gasteiger partial charge in [-0.1, -0.05) is 29.8 Å². The second-order valence-electron chi connectivity index (χ2n) is 5.97. The van der Waals surface area contributed by atoms with Crippen LogP contribution in [0, 0.1) is 25.2 Å². The van der Waals surface area contributed by atoms with Gasteiger partial charge in [-0.15, -0.1) is 0 Å².